The van der Waals surface area contributed by atoms with Crippen molar-refractivity contribution in [2.75, 3.05) is 34.3 Å². The van der Waals surface area contributed by atoms with Crippen LogP contribution < -0.4 is 5.32 Å². The van der Waals surface area contributed by atoms with Gasteiger partial charge in [0, 0.05) is 26.2 Å². The van der Waals surface area contributed by atoms with Gasteiger partial charge in [-0.1, -0.05) is 0 Å². The number of rotatable bonds is 2. The average Bonchev–Trinajstić information content (AvgIpc) is 2.33. The van der Waals surface area contributed by atoms with E-state index in [4.69, 9.17) is 4.74 Å². The first-order valence-corrected chi connectivity index (χ1v) is 3.65. The standard InChI is InChI=1S/C7H16N2O/c1-9(2)6-4-8-5-7(6)10-3/h6-8H,4-5H2,1-3H3/t6?,7-/m0/s1. The average molecular weight is 144 g/mol. The van der Waals surface area contributed by atoms with Gasteiger partial charge in [-0.15, -0.1) is 0 Å². The first-order chi connectivity index (χ1) is 4.75. The van der Waals surface area contributed by atoms with Gasteiger partial charge >= 0.3 is 0 Å². The maximum Gasteiger partial charge on any atom is 0.0862 e. The molecule has 1 aliphatic rings. The fraction of sp³-hybridized carbons (Fsp3) is 1.00. The molecule has 0 aromatic heterocycles. The normalized spacial score (nSPS) is 33.6. The zero-order valence-corrected chi connectivity index (χ0v) is 6.92. The highest BCUT2D eigenvalue weighted by Gasteiger charge is 2.27. The van der Waals surface area contributed by atoms with E-state index in [1.807, 2.05) is 0 Å². The van der Waals surface area contributed by atoms with Gasteiger partial charge in [0.15, 0.2) is 0 Å². The Bertz CT molecular complexity index is 106. The highest BCUT2D eigenvalue weighted by atomic mass is 16.5. The minimum Gasteiger partial charge on any atom is -0.378 e. The summed E-state index contributed by atoms with van der Waals surface area (Å²) in [5.74, 6) is 0. The monoisotopic (exact) mass is 144 g/mol. The van der Waals surface area contributed by atoms with Crippen LogP contribution in [-0.4, -0.2) is 51.3 Å². The second-order valence-electron chi connectivity index (χ2n) is 2.96. The molecule has 10 heavy (non-hydrogen) atoms. The summed E-state index contributed by atoms with van der Waals surface area (Å²) in [6, 6.07) is 0.546. The van der Waals surface area contributed by atoms with Crippen molar-refractivity contribution in [3.05, 3.63) is 0 Å². The van der Waals surface area contributed by atoms with Gasteiger partial charge < -0.3 is 15.0 Å². The van der Waals surface area contributed by atoms with Gasteiger partial charge in [0.1, 0.15) is 0 Å². The summed E-state index contributed by atoms with van der Waals surface area (Å²) in [6.45, 7) is 2.03. The smallest absolute Gasteiger partial charge is 0.0862 e. The number of hydrogen-bond donors (Lipinski definition) is 1. The summed E-state index contributed by atoms with van der Waals surface area (Å²) in [5.41, 5.74) is 0. The zero-order valence-electron chi connectivity index (χ0n) is 6.92. The fourth-order valence-corrected chi connectivity index (χ4v) is 1.40. The van der Waals surface area contributed by atoms with E-state index in [-0.39, 0.29) is 0 Å². The van der Waals surface area contributed by atoms with Crippen molar-refractivity contribution in [1.29, 1.82) is 0 Å². The van der Waals surface area contributed by atoms with Crippen LogP contribution in [0.1, 0.15) is 0 Å². The topological polar surface area (TPSA) is 24.5 Å². The maximum atomic E-state index is 5.28. The molecule has 0 saturated carbocycles. The van der Waals surface area contributed by atoms with Crippen LogP contribution in [0.5, 0.6) is 0 Å². The van der Waals surface area contributed by atoms with Gasteiger partial charge in [-0.05, 0) is 14.1 Å². The van der Waals surface area contributed by atoms with Crippen LogP contribution in [0.4, 0.5) is 0 Å². The molecule has 0 spiro atoms. The van der Waals surface area contributed by atoms with Gasteiger partial charge in [-0.25, -0.2) is 0 Å². The SMILES string of the molecule is CO[C@H]1CNCC1N(C)C. The molecule has 0 aromatic carbocycles. The molecule has 0 radical (unpaired) electrons. The maximum absolute atomic E-state index is 5.28. The zero-order chi connectivity index (χ0) is 7.56. The van der Waals surface area contributed by atoms with Gasteiger partial charge in [0.2, 0.25) is 0 Å². The van der Waals surface area contributed by atoms with Crippen LogP contribution in [0, 0.1) is 0 Å². The lowest BCUT2D eigenvalue weighted by Crippen LogP contribution is -2.38. The molecule has 60 valence electrons. The number of likely N-dealkylation sites (N-methyl/N-ethyl adjacent to an activating group) is 1. The van der Waals surface area contributed by atoms with E-state index in [2.05, 4.69) is 24.3 Å². The molecule has 1 N–H and O–H groups in total. The Balaban J connectivity index is 2.42. The Hall–Kier alpha value is -0.120. The lowest BCUT2D eigenvalue weighted by Gasteiger charge is -2.23. The second kappa shape index (κ2) is 3.32. The van der Waals surface area contributed by atoms with Crippen LogP contribution in [0.25, 0.3) is 0 Å². The molecule has 1 fully saturated rings. The Morgan fingerprint density at radius 3 is 2.50 bits per heavy atom. The van der Waals surface area contributed by atoms with E-state index in [1.165, 1.54) is 0 Å². The van der Waals surface area contributed by atoms with Crippen molar-refractivity contribution < 1.29 is 4.74 Å². The molecule has 0 aliphatic carbocycles. The number of methoxy groups -OCH3 is 1. The molecule has 1 aliphatic heterocycles. The third-order valence-electron chi connectivity index (χ3n) is 2.09. The molecule has 1 heterocycles. The van der Waals surface area contributed by atoms with Crippen molar-refractivity contribution in [1.82, 2.24) is 10.2 Å². The summed E-state index contributed by atoms with van der Waals surface area (Å²) in [7, 11) is 5.95. The molecule has 1 saturated heterocycles. The van der Waals surface area contributed by atoms with Crippen molar-refractivity contribution in [2.45, 2.75) is 12.1 Å². The van der Waals surface area contributed by atoms with E-state index in [0.29, 0.717) is 12.1 Å². The van der Waals surface area contributed by atoms with Crippen molar-refractivity contribution in [2.24, 2.45) is 0 Å². The van der Waals surface area contributed by atoms with Gasteiger partial charge in [0.25, 0.3) is 0 Å². The molecule has 1 rings (SSSR count). The fourth-order valence-electron chi connectivity index (χ4n) is 1.40. The first-order valence-electron chi connectivity index (χ1n) is 3.65. The summed E-state index contributed by atoms with van der Waals surface area (Å²) in [5, 5.41) is 3.29. The highest BCUT2D eigenvalue weighted by molar-refractivity contribution is 4.87. The van der Waals surface area contributed by atoms with Crippen LogP contribution in [-0.2, 0) is 4.74 Å². The molecule has 3 heteroatoms. The molecule has 2 atom stereocenters. The number of ether oxygens (including phenoxy) is 1. The van der Waals surface area contributed by atoms with E-state index in [1.54, 1.807) is 7.11 Å². The van der Waals surface area contributed by atoms with E-state index >= 15 is 0 Å². The summed E-state index contributed by atoms with van der Waals surface area (Å²) >= 11 is 0. The third-order valence-corrected chi connectivity index (χ3v) is 2.09. The number of nitrogens with one attached hydrogen (secondary N) is 1. The van der Waals surface area contributed by atoms with Crippen molar-refractivity contribution in [3.63, 3.8) is 0 Å². The van der Waals surface area contributed by atoms with E-state index in [0.717, 1.165) is 13.1 Å². The number of hydrogen-bond acceptors (Lipinski definition) is 3. The summed E-state index contributed by atoms with van der Waals surface area (Å²) in [6.07, 6.45) is 0.370. The molecule has 1 unspecified atom stereocenters. The largest absolute Gasteiger partial charge is 0.378 e. The molecular formula is C7H16N2O. The molecule has 0 bridgehead atoms. The highest BCUT2D eigenvalue weighted by Crippen LogP contribution is 2.07. The Morgan fingerprint density at radius 1 is 1.40 bits per heavy atom. The minimum absolute atomic E-state index is 0.370. The summed E-state index contributed by atoms with van der Waals surface area (Å²) in [4.78, 5) is 2.20. The van der Waals surface area contributed by atoms with Crippen molar-refractivity contribution in [3.8, 4) is 0 Å². The summed E-state index contributed by atoms with van der Waals surface area (Å²) < 4.78 is 5.28. The Morgan fingerprint density at radius 2 is 2.10 bits per heavy atom. The van der Waals surface area contributed by atoms with Crippen molar-refractivity contribution >= 4 is 0 Å². The van der Waals surface area contributed by atoms with E-state index < -0.39 is 0 Å². The molecule has 3 nitrogen and oxygen atoms in total. The van der Waals surface area contributed by atoms with E-state index in [9.17, 15) is 0 Å². The minimum atomic E-state index is 0.370. The predicted molar refractivity (Wildman–Crippen MR) is 41.1 cm³/mol. The Labute approximate surface area is 62.3 Å². The van der Waals surface area contributed by atoms with Crippen LogP contribution in [0.3, 0.4) is 0 Å². The lowest BCUT2D eigenvalue weighted by atomic mass is 10.2. The predicted octanol–water partition coefficient (Wildman–Crippen LogP) is -0.465. The quantitative estimate of drug-likeness (QED) is 0.567. The molecular weight excluding hydrogens is 128 g/mol. The van der Waals surface area contributed by atoms with Gasteiger partial charge in [-0.2, -0.15) is 0 Å². The van der Waals surface area contributed by atoms with Gasteiger partial charge in [0.05, 0.1) is 6.10 Å². The van der Waals surface area contributed by atoms with Gasteiger partial charge in [-0.3, -0.25) is 0 Å². The molecule has 0 amide bonds. The molecule has 0 aromatic rings. The van der Waals surface area contributed by atoms with Crippen LogP contribution in [0.2, 0.25) is 0 Å². The number of nitrogens with zero attached hydrogens (tertiary/aromatic N) is 1. The Kier molecular flexibility index (Phi) is 2.65. The second-order valence-corrected chi connectivity index (χ2v) is 2.96. The van der Waals surface area contributed by atoms with Crippen LogP contribution in [0.15, 0.2) is 0 Å². The lowest BCUT2D eigenvalue weighted by molar-refractivity contribution is 0.0636. The van der Waals surface area contributed by atoms with Crippen LogP contribution >= 0.6 is 0 Å². The third kappa shape index (κ3) is 1.48. The first kappa shape index (κ1) is 7.98.